The van der Waals surface area contributed by atoms with Crippen LogP contribution in [0.4, 0.5) is 0 Å². The smallest absolute Gasteiger partial charge is 0.462 e. The van der Waals surface area contributed by atoms with Gasteiger partial charge in [-0.2, -0.15) is 0 Å². The number of rotatable bonds is 83. The van der Waals surface area contributed by atoms with E-state index in [-0.39, 0.29) is 25.6 Å². The summed E-state index contributed by atoms with van der Waals surface area (Å²) in [5.74, 6) is -0.777. The van der Waals surface area contributed by atoms with Crippen LogP contribution in [0.3, 0.4) is 0 Å². The summed E-state index contributed by atoms with van der Waals surface area (Å²) in [5.41, 5.74) is 0. The number of esters is 2. The van der Waals surface area contributed by atoms with Crippen LogP contribution in [0.1, 0.15) is 412 Å². The maximum atomic E-state index is 13.0. The number of nitrogens with zero attached hydrogens (tertiary/aromatic N) is 1. The van der Waals surface area contributed by atoms with Gasteiger partial charge in [0.05, 0.1) is 27.7 Å². The topological polar surface area (TPSA) is 108 Å². The highest BCUT2D eigenvalue weighted by molar-refractivity contribution is 7.47. The zero-order chi connectivity index (χ0) is 76.8. The molecule has 9 nitrogen and oxygen atoms in total. The lowest BCUT2D eigenvalue weighted by Gasteiger charge is -2.24. The van der Waals surface area contributed by atoms with E-state index in [4.69, 9.17) is 18.5 Å². The van der Waals surface area contributed by atoms with E-state index in [1.54, 1.807) is 0 Å². The maximum Gasteiger partial charge on any atom is 0.472 e. The molecule has 1 N–H and O–H groups in total. The molecule has 0 bridgehead atoms. The first-order valence-corrected chi connectivity index (χ1v) is 46.4. The average molecular weight is 1500 g/mol. The number of hydrogen-bond donors (Lipinski definition) is 1. The van der Waals surface area contributed by atoms with E-state index in [2.05, 4.69) is 148 Å². The number of quaternary nitrogens is 1. The Kier molecular flexibility index (Phi) is 82.1. The Morgan fingerprint density at radius 1 is 0.292 bits per heavy atom. The molecule has 0 aromatic carbocycles. The maximum absolute atomic E-state index is 13.0. The predicted molar refractivity (Wildman–Crippen MR) is 464 cm³/mol. The molecule has 0 saturated carbocycles. The summed E-state index contributed by atoms with van der Waals surface area (Å²) in [6, 6.07) is 0. The Balaban J connectivity index is 3.87. The molecule has 0 saturated heterocycles. The van der Waals surface area contributed by atoms with E-state index < -0.39 is 26.5 Å². The second kappa shape index (κ2) is 85.2. The fraction of sp³-hybridized carbons (Fsp3) is 0.750. The second-order valence-electron chi connectivity index (χ2n) is 31.2. The van der Waals surface area contributed by atoms with Crippen molar-refractivity contribution in [1.82, 2.24) is 0 Å². The zero-order valence-electron chi connectivity index (χ0n) is 70.1. The van der Waals surface area contributed by atoms with Gasteiger partial charge in [0.1, 0.15) is 19.8 Å². The van der Waals surface area contributed by atoms with E-state index in [1.165, 1.54) is 276 Å². The molecule has 0 heterocycles. The number of carbonyl (C=O) groups excluding carboxylic acids is 2. The minimum absolute atomic E-state index is 0.0316. The number of carbonyl (C=O) groups is 2. The monoisotopic (exact) mass is 1500 g/mol. The highest BCUT2D eigenvalue weighted by atomic mass is 31.2. The van der Waals surface area contributed by atoms with E-state index >= 15 is 0 Å². The van der Waals surface area contributed by atoms with Crippen molar-refractivity contribution < 1.29 is 42.1 Å². The first-order valence-electron chi connectivity index (χ1n) is 44.9. The number of allylic oxidation sites excluding steroid dienone is 22. The standard InChI is InChI=1S/C96H170NO8P/c1-6-8-10-12-14-16-18-20-22-24-26-28-30-32-34-36-38-40-42-44-46-48-50-52-54-56-58-60-62-64-66-68-70-72-74-76-78-80-82-84-86-88-95(98)102-92-94(93-104-106(100,101)103-91-90-97(3,4)5)105-96(99)89-87-85-83-81-79-77-75-73-71-69-67-65-63-61-59-57-55-53-51-49-47-45-43-41-39-37-35-33-31-29-27-25-23-21-19-17-15-13-11-9-7-2/h8-11,14-17,20-23,26-29,32-35,39,41,94H,6-7,12-13,18-19,24-25,30-31,36-38,40,42-93H2,1-5H3/p+1/b10-8-,11-9-,16-14-,17-15-,22-20-,23-21-,28-26-,29-27-,34-32-,35-33-,41-39-. The van der Waals surface area contributed by atoms with Crippen LogP contribution >= 0.6 is 7.82 Å². The van der Waals surface area contributed by atoms with Crippen LogP contribution in [0, 0.1) is 0 Å². The first-order chi connectivity index (χ1) is 52.0. The van der Waals surface area contributed by atoms with Gasteiger partial charge < -0.3 is 18.9 Å². The highest BCUT2D eigenvalue weighted by Crippen LogP contribution is 2.43. The summed E-state index contributed by atoms with van der Waals surface area (Å²) in [4.78, 5) is 36.1. The van der Waals surface area contributed by atoms with Gasteiger partial charge in [0.25, 0.3) is 0 Å². The molecule has 0 aliphatic carbocycles. The predicted octanol–water partition coefficient (Wildman–Crippen LogP) is 30.6. The third-order valence-corrected chi connectivity index (χ3v) is 20.7. The Morgan fingerprint density at radius 2 is 0.509 bits per heavy atom. The van der Waals surface area contributed by atoms with Crippen LogP contribution in [-0.4, -0.2) is 74.9 Å². The summed E-state index contributed by atoms with van der Waals surface area (Å²) in [6.07, 6.45) is 125. The van der Waals surface area contributed by atoms with Gasteiger partial charge in [-0.1, -0.05) is 424 Å². The lowest BCUT2D eigenvalue weighted by Crippen LogP contribution is -2.37. The van der Waals surface area contributed by atoms with Crippen molar-refractivity contribution in [1.29, 1.82) is 0 Å². The summed E-state index contributed by atoms with van der Waals surface area (Å²) in [6.45, 7) is 4.26. The third-order valence-electron chi connectivity index (χ3n) is 19.7. The Morgan fingerprint density at radius 3 is 0.755 bits per heavy atom. The Hall–Kier alpha value is -3.85. The van der Waals surface area contributed by atoms with Crippen molar-refractivity contribution >= 4 is 19.8 Å². The molecule has 2 atom stereocenters. The van der Waals surface area contributed by atoms with Gasteiger partial charge in [-0.25, -0.2) is 4.57 Å². The molecule has 612 valence electrons. The number of unbranched alkanes of at least 4 members (excludes halogenated alkanes) is 47. The van der Waals surface area contributed by atoms with Crippen LogP contribution < -0.4 is 0 Å². The van der Waals surface area contributed by atoms with Crippen molar-refractivity contribution in [3.05, 3.63) is 134 Å². The van der Waals surface area contributed by atoms with E-state index in [0.717, 1.165) is 103 Å². The normalized spacial score (nSPS) is 13.6. The van der Waals surface area contributed by atoms with Crippen LogP contribution in [0.25, 0.3) is 0 Å². The van der Waals surface area contributed by atoms with Crippen molar-refractivity contribution in [3.8, 4) is 0 Å². The Bertz CT molecular complexity index is 2260. The molecule has 0 aliphatic rings. The van der Waals surface area contributed by atoms with Gasteiger partial charge in [0, 0.05) is 12.8 Å². The summed E-state index contributed by atoms with van der Waals surface area (Å²) >= 11 is 0. The minimum Gasteiger partial charge on any atom is -0.462 e. The van der Waals surface area contributed by atoms with Gasteiger partial charge in [0.15, 0.2) is 6.10 Å². The van der Waals surface area contributed by atoms with Crippen LogP contribution in [0.5, 0.6) is 0 Å². The van der Waals surface area contributed by atoms with Gasteiger partial charge in [-0.05, 0) is 109 Å². The fourth-order valence-corrected chi connectivity index (χ4v) is 13.7. The molecule has 0 spiro atoms. The zero-order valence-corrected chi connectivity index (χ0v) is 71.0. The molecule has 0 aromatic rings. The number of phosphoric acid groups is 1. The first kappa shape index (κ1) is 102. The minimum atomic E-state index is -4.40. The second-order valence-corrected chi connectivity index (χ2v) is 32.7. The number of ether oxygens (including phenoxy) is 2. The van der Waals surface area contributed by atoms with Crippen molar-refractivity contribution in [3.63, 3.8) is 0 Å². The molecule has 0 aromatic heterocycles. The molecular formula is C96H171NO8P+. The molecule has 0 radical (unpaired) electrons. The summed E-state index contributed by atoms with van der Waals surface area (Å²) in [5, 5.41) is 0. The number of likely N-dealkylation sites (N-methyl/N-ethyl adjacent to an activating group) is 1. The van der Waals surface area contributed by atoms with Crippen LogP contribution in [0.2, 0.25) is 0 Å². The average Bonchev–Trinajstić information content (AvgIpc) is 0.908. The molecule has 0 rings (SSSR count). The molecular weight excluding hydrogens is 1330 g/mol. The van der Waals surface area contributed by atoms with E-state index in [9.17, 15) is 19.0 Å². The largest absolute Gasteiger partial charge is 0.472 e. The summed E-state index contributed by atoms with van der Waals surface area (Å²) in [7, 11) is 1.49. The highest BCUT2D eigenvalue weighted by Gasteiger charge is 2.27. The molecule has 10 heteroatoms. The lowest BCUT2D eigenvalue weighted by molar-refractivity contribution is -0.870. The molecule has 106 heavy (non-hydrogen) atoms. The van der Waals surface area contributed by atoms with Gasteiger partial charge >= 0.3 is 19.8 Å². The van der Waals surface area contributed by atoms with Gasteiger partial charge in [0.2, 0.25) is 0 Å². The van der Waals surface area contributed by atoms with Crippen LogP contribution in [-0.2, 0) is 32.7 Å². The molecule has 0 amide bonds. The number of hydrogen-bond acceptors (Lipinski definition) is 7. The van der Waals surface area contributed by atoms with Gasteiger partial charge in [-0.15, -0.1) is 0 Å². The van der Waals surface area contributed by atoms with E-state index in [1.807, 2.05) is 21.1 Å². The van der Waals surface area contributed by atoms with Crippen LogP contribution in [0.15, 0.2) is 134 Å². The van der Waals surface area contributed by atoms with Crippen molar-refractivity contribution in [2.45, 2.75) is 418 Å². The third kappa shape index (κ3) is 89.0. The summed E-state index contributed by atoms with van der Waals surface area (Å²) < 4.78 is 34.9. The molecule has 2 unspecified atom stereocenters. The van der Waals surface area contributed by atoms with Gasteiger partial charge in [-0.3, -0.25) is 18.6 Å². The SMILES string of the molecule is CC/C=C\C/C=C\C/C=C\C/C=C\C/C=C\C/C=C\CCCCCCCCCCCCCCCCCCCCCCCCC(=O)OC(COC(=O)CCCCCCCCCCCCCCCCCCCCCCCCCCC/C=C\C/C=C\C/C=C\C/C=C\C/C=C\CC)COP(=O)(O)OCC[N+](C)(C)C. The molecule has 0 aliphatic heterocycles. The van der Waals surface area contributed by atoms with Crippen molar-refractivity contribution in [2.24, 2.45) is 0 Å². The number of phosphoric ester groups is 1. The molecule has 0 fully saturated rings. The van der Waals surface area contributed by atoms with E-state index in [0.29, 0.717) is 23.9 Å². The quantitative estimate of drug-likeness (QED) is 0.0211. The Labute approximate surface area is 657 Å². The lowest BCUT2D eigenvalue weighted by atomic mass is 10.0. The fourth-order valence-electron chi connectivity index (χ4n) is 12.9. The van der Waals surface area contributed by atoms with Crippen molar-refractivity contribution in [2.75, 3.05) is 47.5 Å².